The largest absolute Gasteiger partial charge is 0.506 e. The predicted molar refractivity (Wildman–Crippen MR) is 42.4 cm³/mol. The molecule has 0 heterocycles. The summed E-state index contributed by atoms with van der Waals surface area (Å²) in [4.78, 5) is 0. The first-order valence-electron chi connectivity index (χ1n) is 3.19. The summed E-state index contributed by atoms with van der Waals surface area (Å²) < 4.78 is 0. The van der Waals surface area contributed by atoms with Gasteiger partial charge in [0.25, 0.3) is 0 Å². The number of aromatic hydroxyl groups is 1. The number of phenols is 1. The predicted octanol–water partition coefficient (Wildman–Crippen LogP) is 1.31. The van der Waals surface area contributed by atoms with Gasteiger partial charge in [-0.3, -0.25) is 0 Å². The fourth-order valence-corrected chi connectivity index (χ4v) is 0.806. The summed E-state index contributed by atoms with van der Waals surface area (Å²) >= 11 is 0. The highest BCUT2D eigenvalue weighted by atomic mass is 16.3. The van der Waals surface area contributed by atoms with Crippen LogP contribution in [0.2, 0.25) is 0 Å². The fraction of sp³-hybridized carbons (Fsp3) is 0.125. The van der Waals surface area contributed by atoms with Crippen LogP contribution >= 0.6 is 0 Å². The SMILES string of the molecule is CNc1cc(C#N)ccc1O. The maximum absolute atomic E-state index is 9.16. The highest BCUT2D eigenvalue weighted by Gasteiger charge is 1.98. The van der Waals surface area contributed by atoms with Crippen molar-refractivity contribution in [3.63, 3.8) is 0 Å². The number of hydrogen-bond donors (Lipinski definition) is 2. The average molecular weight is 148 g/mol. The van der Waals surface area contributed by atoms with Crippen molar-refractivity contribution in [2.24, 2.45) is 0 Å². The van der Waals surface area contributed by atoms with Crippen LogP contribution in [0.25, 0.3) is 0 Å². The number of benzene rings is 1. The Labute approximate surface area is 64.9 Å². The van der Waals surface area contributed by atoms with Crippen LogP contribution in [0.1, 0.15) is 5.56 Å². The van der Waals surface area contributed by atoms with E-state index in [2.05, 4.69) is 5.32 Å². The minimum Gasteiger partial charge on any atom is -0.506 e. The second-order valence-corrected chi connectivity index (χ2v) is 2.09. The minimum atomic E-state index is 0.159. The molecule has 0 saturated carbocycles. The zero-order valence-corrected chi connectivity index (χ0v) is 6.13. The van der Waals surface area contributed by atoms with E-state index in [1.54, 1.807) is 19.2 Å². The molecule has 11 heavy (non-hydrogen) atoms. The van der Waals surface area contributed by atoms with Gasteiger partial charge in [0, 0.05) is 7.05 Å². The topological polar surface area (TPSA) is 56.0 Å². The van der Waals surface area contributed by atoms with Gasteiger partial charge in [-0.25, -0.2) is 0 Å². The molecule has 0 bridgehead atoms. The van der Waals surface area contributed by atoms with Crippen LogP contribution in [0.15, 0.2) is 18.2 Å². The molecule has 2 N–H and O–H groups in total. The fourth-order valence-electron chi connectivity index (χ4n) is 0.806. The van der Waals surface area contributed by atoms with E-state index >= 15 is 0 Å². The molecule has 0 amide bonds. The van der Waals surface area contributed by atoms with Crippen LogP contribution in [0.5, 0.6) is 5.75 Å². The third kappa shape index (κ3) is 1.41. The van der Waals surface area contributed by atoms with Gasteiger partial charge in [0.05, 0.1) is 17.3 Å². The van der Waals surface area contributed by atoms with Crippen molar-refractivity contribution in [2.75, 3.05) is 12.4 Å². The van der Waals surface area contributed by atoms with E-state index in [0.29, 0.717) is 11.3 Å². The Morgan fingerprint density at radius 1 is 1.55 bits per heavy atom. The molecular weight excluding hydrogens is 140 g/mol. The minimum absolute atomic E-state index is 0.159. The molecule has 0 aliphatic rings. The van der Waals surface area contributed by atoms with Crippen molar-refractivity contribution in [1.29, 1.82) is 5.26 Å². The van der Waals surface area contributed by atoms with Crippen LogP contribution in [-0.2, 0) is 0 Å². The Balaban J connectivity index is 3.15. The van der Waals surface area contributed by atoms with E-state index in [0.717, 1.165) is 0 Å². The van der Waals surface area contributed by atoms with Crippen molar-refractivity contribution in [3.05, 3.63) is 23.8 Å². The van der Waals surface area contributed by atoms with Gasteiger partial charge >= 0.3 is 0 Å². The molecule has 3 nitrogen and oxygen atoms in total. The molecule has 0 spiro atoms. The maximum Gasteiger partial charge on any atom is 0.138 e. The summed E-state index contributed by atoms with van der Waals surface area (Å²) in [6.45, 7) is 0. The molecule has 3 heteroatoms. The molecule has 1 rings (SSSR count). The van der Waals surface area contributed by atoms with Crippen LogP contribution in [-0.4, -0.2) is 12.2 Å². The smallest absolute Gasteiger partial charge is 0.138 e. The molecule has 0 atom stereocenters. The van der Waals surface area contributed by atoms with E-state index in [1.165, 1.54) is 6.07 Å². The number of nitrogens with zero attached hydrogens (tertiary/aromatic N) is 1. The Bertz CT molecular complexity index is 301. The first-order chi connectivity index (χ1) is 5.27. The summed E-state index contributed by atoms with van der Waals surface area (Å²) in [6, 6.07) is 6.63. The summed E-state index contributed by atoms with van der Waals surface area (Å²) in [7, 11) is 1.69. The lowest BCUT2D eigenvalue weighted by molar-refractivity contribution is 0.477. The van der Waals surface area contributed by atoms with Crippen LogP contribution in [0, 0.1) is 11.3 Å². The Morgan fingerprint density at radius 2 is 2.27 bits per heavy atom. The molecule has 0 aromatic heterocycles. The zero-order valence-electron chi connectivity index (χ0n) is 6.13. The lowest BCUT2D eigenvalue weighted by Gasteiger charge is -2.01. The highest BCUT2D eigenvalue weighted by molar-refractivity contribution is 5.58. The van der Waals surface area contributed by atoms with Gasteiger partial charge < -0.3 is 10.4 Å². The molecule has 0 aliphatic carbocycles. The molecule has 0 unspecified atom stereocenters. The van der Waals surface area contributed by atoms with Gasteiger partial charge in [0.2, 0.25) is 0 Å². The molecule has 56 valence electrons. The highest BCUT2D eigenvalue weighted by Crippen LogP contribution is 2.22. The van der Waals surface area contributed by atoms with Crippen LogP contribution in [0.3, 0.4) is 0 Å². The molecule has 0 fully saturated rings. The van der Waals surface area contributed by atoms with Crippen molar-refractivity contribution in [3.8, 4) is 11.8 Å². The molecule has 1 aromatic carbocycles. The number of rotatable bonds is 1. The second kappa shape index (κ2) is 2.93. The number of nitrogens with one attached hydrogen (secondary N) is 1. The average Bonchev–Trinajstić information content (AvgIpc) is 2.05. The Hall–Kier alpha value is -1.69. The quantitative estimate of drug-likeness (QED) is 0.590. The van der Waals surface area contributed by atoms with Crippen molar-refractivity contribution < 1.29 is 5.11 Å². The van der Waals surface area contributed by atoms with Crippen LogP contribution in [0.4, 0.5) is 5.69 Å². The monoisotopic (exact) mass is 148 g/mol. The van der Waals surface area contributed by atoms with Gasteiger partial charge in [0.15, 0.2) is 0 Å². The first-order valence-corrected chi connectivity index (χ1v) is 3.19. The number of nitriles is 1. The van der Waals surface area contributed by atoms with E-state index in [-0.39, 0.29) is 5.75 Å². The van der Waals surface area contributed by atoms with Crippen LogP contribution < -0.4 is 5.32 Å². The van der Waals surface area contributed by atoms with Gasteiger partial charge in [-0.15, -0.1) is 0 Å². The third-order valence-corrected chi connectivity index (χ3v) is 1.39. The summed E-state index contributed by atoms with van der Waals surface area (Å²) in [5, 5.41) is 20.4. The third-order valence-electron chi connectivity index (χ3n) is 1.39. The van der Waals surface area contributed by atoms with E-state index in [9.17, 15) is 0 Å². The van der Waals surface area contributed by atoms with Crippen molar-refractivity contribution in [1.82, 2.24) is 0 Å². The molecule has 0 radical (unpaired) electrons. The normalized spacial score (nSPS) is 8.73. The summed E-state index contributed by atoms with van der Waals surface area (Å²) in [6.07, 6.45) is 0. The van der Waals surface area contributed by atoms with E-state index < -0.39 is 0 Å². The molecule has 0 saturated heterocycles. The van der Waals surface area contributed by atoms with E-state index in [1.807, 2.05) is 6.07 Å². The number of phenolic OH excluding ortho intramolecular Hbond substituents is 1. The zero-order chi connectivity index (χ0) is 8.27. The van der Waals surface area contributed by atoms with E-state index in [4.69, 9.17) is 10.4 Å². The Kier molecular flexibility index (Phi) is 1.98. The number of anilines is 1. The van der Waals surface area contributed by atoms with Gasteiger partial charge in [-0.2, -0.15) is 5.26 Å². The van der Waals surface area contributed by atoms with Gasteiger partial charge in [-0.1, -0.05) is 0 Å². The van der Waals surface area contributed by atoms with Crippen molar-refractivity contribution >= 4 is 5.69 Å². The standard InChI is InChI=1S/C8H8N2O/c1-10-7-4-6(5-9)2-3-8(7)11/h2-4,10-11H,1H3. The molecular formula is C8H8N2O. The van der Waals surface area contributed by atoms with Crippen molar-refractivity contribution in [2.45, 2.75) is 0 Å². The molecule has 1 aromatic rings. The maximum atomic E-state index is 9.16. The van der Waals surface area contributed by atoms with Gasteiger partial charge in [-0.05, 0) is 18.2 Å². The Morgan fingerprint density at radius 3 is 2.82 bits per heavy atom. The molecule has 0 aliphatic heterocycles. The number of hydrogen-bond acceptors (Lipinski definition) is 3. The first kappa shape index (κ1) is 7.42. The summed E-state index contributed by atoms with van der Waals surface area (Å²) in [5.74, 6) is 0.159. The second-order valence-electron chi connectivity index (χ2n) is 2.09. The van der Waals surface area contributed by atoms with Gasteiger partial charge in [0.1, 0.15) is 5.75 Å². The lowest BCUT2D eigenvalue weighted by atomic mass is 10.2. The summed E-state index contributed by atoms with van der Waals surface area (Å²) in [5.41, 5.74) is 1.11. The lowest BCUT2D eigenvalue weighted by Crippen LogP contribution is -1.88.